The smallest absolute Gasteiger partial charge is 0.255 e. The van der Waals surface area contributed by atoms with E-state index < -0.39 is 11.9 Å². The Labute approximate surface area is 154 Å². The maximum absolute atomic E-state index is 12.5. The Hall–Kier alpha value is -2.41. The number of carbonyl (C=O) groups is 3. The molecule has 1 rings (SSSR count). The van der Waals surface area contributed by atoms with Gasteiger partial charge in [0.2, 0.25) is 5.91 Å². The summed E-state index contributed by atoms with van der Waals surface area (Å²) in [6, 6.07) is 4.22. The van der Waals surface area contributed by atoms with Gasteiger partial charge in [0, 0.05) is 12.1 Å². The predicted molar refractivity (Wildman–Crippen MR) is 100 cm³/mol. The Morgan fingerprint density at radius 2 is 1.92 bits per heavy atom. The molecule has 1 aromatic rings. The van der Waals surface area contributed by atoms with Gasteiger partial charge in [-0.3, -0.25) is 14.4 Å². The summed E-state index contributed by atoms with van der Waals surface area (Å²) in [6.07, 6.45) is 3.70. The normalized spacial score (nSPS) is 11.7. The van der Waals surface area contributed by atoms with E-state index >= 15 is 0 Å². The number of carbonyl (C=O) groups excluding carboxylic acids is 3. The van der Waals surface area contributed by atoms with Crippen LogP contribution in [0.1, 0.15) is 66.7 Å². The summed E-state index contributed by atoms with van der Waals surface area (Å²) < 4.78 is 5.68. The van der Waals surface area contributed by atoms with Crippen molar-refractivity contribution in [3.8, 4) is 5.75 Å². The first-order valence-corrected chi connectivity index (χ1v) is 8.97. The zero-order chi connectivity index (χ0) is 19.5. The number of ether oxygens (including phenoxy) is 1. The largest absolute Gasteiger partial charge is 0.493 e. The third-order valence-electron chi connectivity index (χ3n) is 3.98. The second-order valence-corrected chi connectivity index (χ2v) is 6.23. The molecular formula is C19H29N3O4. The van der Waals surface area contributed by atoms with Crippen LogP contribution in [0.4, 0.5) is 0 Å². The maximum atomic E-state index is 12.5. The summed E-state index contributed by atoms with van der Waals surface area (Å²) in [5.41, 5.74) is 11.5. The van der Waals surface area contributed by atoms with E-state index in [0.717, 1.165) is 12.8 Å². The minimum absolute atomic E-state index is 0.111. The highest BCUT2D eigenvalue weighted by Crippen LogP contribution is 2.21. The van der Waals surface area contributed by atoms with Crippen LogP contribution in [-0.4, -0.2) is 36.8 Å². The Morgan fingerprint density at radius 3 is 2.54 bits per heavy atom. The van der Waals surface area contributed by atoms with Gasteiger partial charge in [-0.25, -0.2) is 0 Å². The molecule has 2 amide bonds. The third-order valence-corrected chi connectivity index (χ3v) is 3.98. The number of amides is 2. The van der Waals surface area contributed by atoms with Crippen molar-refractivity contribution in [1.82, 2.24) is 5.32 Å². The fraction of sp³-hybridized carbons (Fsp3) is 0.526. The maximum Gasteiger partial charge on any atom is 0.255 e. The van der Waals surface area contributed by atoms with Gasteiger partial charge in [-0.15, -0.1) is 0 Å². The lowest BCUT2D eigenvalue weighted by atomic mass is 10.1. The van der Waals surface area contributed by atoms with E-state index in [1.807, 2.05) is 0 Å². The molecule has 0 fully saturated rings. The number of ketones is 1. The number of hydrogen-bond acceptors (Lipinski definition) is 5. The number of nitrogens with one attached hydrogen (secondary N) is 1. The summed E-state index contributed by atoms with van der Waals surface area (Å²) in [6.45, 7) is 4.46. The second-order valence-electron chi connectivity index (χ2n) is 6.23. The summed E-state index contributed by atoms with van der Waals surface area (Å²) in [5.74, 6) is -0.459. The number of benzene rings is 1. The van der Waals surface area contributed by atoms with Crippen LogP contribution in [0.5, 0.6) is 5.75 Å². The van der Waals surface area contributed by atoms with E-state index in [1.165, 1.54) is 6.92 Å². The van der Waals surface area contributed by atoms with Gasteiger partial charge < -0.3 is 21.5 Å². The van der Waals surface area contributed by atoms with Crippen LogP contribution in [0.2, 0.25) is 0 Å². The highest BCUT2D eigenvalue weighted by Gasteiger charge is 2.15. The molecule has 1 atom stereocenters. The van der Waals surface area contributed by atoms with Gasteiger partial charge in [0.15, 0.2) is 5.78 Å². The quantitative estimate of drug-likeness (QED) is 0.386. The molecule has 0 saturated carbocycles. The molecule has 7 nitrogen and oxygen atoms in total. The minimum Gasteiger partial charge on any atom is -0.493 e. The summed E-state index contributed by atoms with van der Waals surface area (Å²) in [5, 5.41) is 2.81. The van der Waals surface area contributed by atoms with Crippen molar-refractivity contribution in [2.45, 2.75) is 52.0 Å². The van der Waals surface area contributed by atoms with Crippen LogP contribution in [0.25, 0.3) is 0 Å². The SMILES string of the molecule is CCCCOc1ccc(C(C)=O)cc1C(=O)NCCCC[C@H](N)C(N)=O. The fourth-order valence-corrected chi connectivity index (χ4v) is 2.31. The molecule has 0 saturated heterocycles. The van der Waals surface area contributed by atoms with Gasteiger partial charge in [0.25, 0.3) is 5.91 Å². The number of Topliss-reactive ketones (excluding diaryl/α,β-unsaturated/α-hetero) is 1. The van der Waals surface area contributed by atoms with Crippen molar-refractivity contribution in [2.24, 2.45) is 11.5 Å². The van der Waals surface area contributed by atoms with Crippen molar-refractivity contribution >= 4 is 17.6 Å². The molecule has 0 spiro atoms. The topological polar surface area (TPSA) is 125 Å². The summed E-state index contributed by atoms with van der Waals surface area (Å²) in [4.78, 5) is 34.9. The average Bonchev–Trinajstić information content (AvgIpc) is 2.61. The standard InChI is InChI=1S/C19H29N3O4/c1-3-4-11-26-17-9-8-14(13(2)23)12-15(17)19(25)22-10-6-5-7-16(20)18(21)24/h8-9,12,16H,3-7,10-11,20H2,1-2H3,(H2,21,24)(H,22,25)/t16-/m0/s1. The van der Waals surface area contributed by atoms with Gasteiger partial charge in [0.05, 0.1) is 18.2 Å². The van der Waals surface area contributed by atoms with E-state index in [-0.39, 0.29) is 11.7 Å². The van der Waals surface area contributed by atoms with Crippen molar-refractivity contribution in [1.29, 1.82) is 0 Å². The Kier molecular flexibility index (Phi) is 9.36. The molecule has 0 aliphatic heterocycles. The molecule has 7 heteroatoms. The molecule has 144 valence electrons. The average molecular weight is 363 g/mol. The lowest BCUT2D eigenvalue weighted by Crippen LogP contribution is -2.36. The molecule has 1 aromatic carbocycles. The van der Waals surface area contributed by atoms with Gasteiger partial charge in [-0.1, -0.05) is 13.3 Å². The third kappa shape index (κ3) is 7.23. The number of hydrogen-bond donors (Lipinski definition) is 3. The molecule has 5 N–H and O–H groups in total. The molecule has 0 aromatic heterocycles. The molecule has 0 aliphatic carbocycles. The van der Waals surface area contributed by atoms with Crippen LogP contribution >= 0.6 is 0 Å². The highest BCUT2D eigenvalue weighted by atomic mass is 16.5. The van der Waals surface area contributed by atoms with Gasteiger partial charge >= 0.3 is 0 Å². The first-order valence-electron chi connectivity index (χ1n) is 8.97. The van der Waals surface area contributed by atoms with Crippen molar-refractivity contribution in [2.75, 3.05) is 13.2 Å². The number of primary amides is 1. The lowest BCUT2D eigenvalue weighted by molar-refractivity contribution is -0.119. The van der Waals surface area contributed by atoms with Gasteiger partial charge in [0.1, 0.15) is 5.75 Å². The van der Waals surface area contributed by atoms with Crippen molar-refractivity contribution in [3.05, 3.63) is 29.3 Å². The fourth-order valence-electron chi connectivity index (χ4n) is 2.31. The molecule has 26 heavy (non-hydrogen) atoms. The first kappa shape index (κ1) is 21.6. The molecule has 0 radical (unpaired) electrons. The second kappa shape index (κ2) is 11.3. The minimum atomic E-state index is -0.656. The van der Waals surface area contributed by atoms with E-state index in [1.54, 1.807) is 18.2 Å². The number of nitrogens with two attached hydrogens (primary N) is 2. The lowest BCUT2D eigenvalue weighted by Gasteiger charge is -2.13. The molecule has 0 unspecified atom stereocenters. The summed E-state index contributed by atoms with van der Waals surface area (Å²) in [7, 11) is 0. The van der Waals surface area contributed by atoms with Crippen LogP contribution in [-0.2, 0) is 4.79 Å². The van der Waals surface area contributed by atoms with Crippen LogP contribution in [0, 0.1) is 0 Å². The molecular weight excluding hydrogens is 334 g/mol. The number of rotatable bonds is 12. The van der Waals surface area contributed by atoms with E-state index in [4.69, 9.17) is 16.2 Å². The van der Waals surface area contributed by atoms with Crippen LogP contribution in [0.15, 0.2) is 18.2 Å². The van der Waals surface area contributed by atoms with Gasteiger partial charge in [-0.05, 0) is 50.8 Å². The molecule has 0 heterocycles. The predicted octanol–water partition coefficient (Wildman–Crippen LogP) is 1.78. The zero-order valence-corrected chi connectivity index (χ0v) is 15.5. The Morgan fingerprint density at radius 1 is 1.19 bits per heavy atom. The Balaban J connectivity index is 2.65. The van der Waals surface area contributed by atoms with Crippen LogP contribution in [0.3, 0.4) is 0 Å². The highest BCUT2D eigenvalue weighted by molar-refractivity contribution is 6.01. The van der Waals surface area contributed by atoms with E-state index in [0.29, 0.717) is 49.3 Å². The van der Waals surface area contributed by atoms with Crippen LogP contribution < -0.4 is 21.5 Å². The number of unbranched alkanes of at least 4 members (excludes halogenated alkanes) is 2. The monoisotopic (exact) mass is 363 g/mol. The Bertz CT molecular complexity index is 631. The summed E-state index contributed by atoms with van der Waals surface area (Å²) >= 11 is 0. The zero-order valence-electron chi connectivity index (χ0n) is 15.5. The molecule has 0 bridgehead atoms. The van der Waals surface area contributed by atoms with Gasteiger partial charge in [-0.2, -0.15) is 0 Å². The van der Waals surface area contributed by atoms with E-state index in [9.17, 15) is 14.4 Å². The van der Waals surface area contributed by atoms with Crippen molar-refractivity contribution in [3.63, 3.8) is 0 Å². The molecule has 0 aliphatic rings. The van der Waals surface area contributed by atoms with E-state index in [2.05, 4.69) is 12.2 Å². The van der Waals surface area contributed by atoms with Crippen molar-refractivity contribution < 1.29 is 19.1 Å². The first-order chi connectivity index (χ1) is 12.4.